The zero-order valence-corrected chi connectivity index (χ0v) is 17.9. The molecule has 3 rings (SSSR count). The number of hydrogen-bond acceptors (Lipinski definition) is 4. The molecular formula is C23H27ClFN3O2. The number of piperidine rings is 1. The Labute approximate surface area is 183 Å². The number of benzene rings is 2. The lowest BCUT2D eigenvalue weighted by atomic mass is 9.90. The van der Waals surface area contributed by atoms with Crippen LogP contribution in [0.5, 0.6) is 5.75 Å². The molecule has 30 heavy (non-hydrogen) atoms. The van der Waals surface area contributed by atoms with Crippen LogP contribution in [0, 0.1) is 23.1 Å². The lowest BCUT2D eigenvalue weighted by Crippen LogP contribution is -2.40. The summed E-state index contributed by atoms with van der Waals surface area (Å²) in [4.78, 5) is 14.8. The van der Waals surface area contributed by atoms with Gasteiger partial charge >= 0.3 is 0 Å². The number of ether oxygens (including phenoxy) is 1. The van der Waals surface area contributed by atoms with E-state index in [0.29, 0.717) is 29.3 Å². The highest BCUT2D eigenvalue weighted by molar-refractivity contribution is 5.97. The molecular weight excluding hydrogens is 405 g/mol. The SMILES string of the molecule is COc1ccc(C#N)cc1C(=O)NCCN1CCC(Cc2ccc(F)cc2)CC1.Cl. The summed E-state index contributed by atoms with van der Waals surface area (Å²) < 4.78 is 18.3. The van der Waals surface area contributed by atoms with Gasteiger partial charge < -0.3 is 15.0 Å². The van der Waals surface area contributed by atoms with Crippen LogP contribution in [0.3, 0.4) is 0 Å². The van der Waals surface area contributed by atoms with E-state index in [-0.39, 0.29) is 24.1 Å². The fraction of sp³-hybridized carbons (Fsp3) is 0.391. The van der Waals surface area contributed by atoms with Crippen LogP contribution in [0.4, 0.5) is 4.39 Å². The number of hydrogen-bond donors (Lipinski definition) is 1. The fourth-order valence-corrected chi connectivity index (χ4v) is 3.75. The van der Waals surface area contributed by atoms with Gasteiger partial charge in [-0.1, -0.05) is 12.1 Å². The van der Waals surface area contributed by atoms with Crippen LogP contribution in [0.15, 0.2) is 42.5 Å². The predicted molar refractivity (Wildman–Crippen MR) is 117 cm³/mol. The van der Waals surface area contributed by atoms with Gasteiger partial charge in [0.1, 0.15) is 11.6 Å². The minimum atomic E-state index is -0.231. The second-order valence-corrected chi connectivity index (χ2v) is 7.40. The van der Waals surface area contributed by atoms with Gasteiger partial charge in [-0.05, 0) is 74.2 Å². The van der Waals surface area contributed by atoms with E-state index in [0.717, 1.165) is 38.9 Å². The quantitative estimate of drug-likeness (QED) is 0.723. The topological polar surface area (TPSA) is 65.4 Å². The molecule has 0 saturated carbocycles. The van der Waals surface area contributed by atoms with Crippen molar-refractivity contribution >= 4 is 18.3 Å². The molecule has 0 radical (unpaired) electrons. The standard InChI is InChI=1S/C23H26FN3O2.ClH/c1-29-22-7-4-19(16-25)15-21(22)23(28)26-10-13-27-11-8-18(9-12-27)14-17-2-5-20(24)6-3-17;/h2-7,15,18H,8-14H2,1H3,(H,26,28);1H. The fourth-order valence-electron chi connectivity index (χ4n) is 3.75. The first-order chi connectivity index (χ1) is 14.1. The Morgan fingerprint density at radius 2 is 1.93 bits per heavy atom. The van der Waals surface area contributed by atoms with Crippen molar-refractivity contribution in [2.75, 3.05) is 33.3 Å². The van der Waals surface area contributed by atoms with E-state index in [1.807, 2.05) is 18.2 Å². The van der Waals surface area contributed by atoms with Crippen LogP contribution in [0.2, 0.25) is 0 Å². The average molecular weight is 432 g/mol. The Bertz CT molecular complexity index is 875. The first kappa shape index (κ1) is 23.7. The Morgan fingerprint density at radius 3 is 2.57 bits per heavy atom. The molecule has 1 heterocycles. The van der Waals surface area contributed by atoms with Gasteiger partial charge in [-0.25, -0.2) is 4.39 Å². The average Bonchev–Trinajstić information content (AvgIpc) is 2.76. The molecule has 160 valence electrons. The first-order valence-electron chi connectivity index (χ1n) is 9.92. The summed E-state index contributed by atoms with van der Waals surface area (Å²) in [5, 5.41) is 12.0. The monoisotopic (exact) mass is 431 g/mol. The molecule has 0 bridgehead atoms. The van der Waals surface area contributed by atoms with Crippen molar-refractivity contribution in [1.82, 2.24) is 10.2 Å². The van der Waals surface area contributed by atoms with Crippen molar-refractivity contribution in [1.29, 1.82) is 5.26 Å². The van der Waals surface area contributed by atoms with E-state index in [2.05, 4.69) is 10.2 Å². The van der Waals surface area contributed by atoms with Crippen molar-refractivity contribution in [3.05, 3.63) is 65.0 Å². The molecule has 1 saturated heterocycles. The minimum Gasteiger partial charge on any atom is -0.496 e. The largest absolute Gasteiger partial charge is 0.496 e. The summed E-state index contributed by atoms with van der Waals surface area (Å²) in [5.74, 6) is 0.653. The van der Waals surface area contributed by atoms with Crippen LogP contribution in [0.1, 0.15) is 34.3 Å². The molecule has 0 aliphatic carbocycles. The van der Waals surface area contributed by atoms with Crippen LogP contribution >= 0.6 is 12.4 Å². The van der Waals surface area contributed by atoms with Crippen molar-refractivity contribution in [2.45, 2.75) is 19.3 Å². The van der Waals surface area contributed by atoms with Gasteiger partial charge in [-0.15, -0.1) is 12.4 Å². The Balaban J connectivity index is 0.00000320. The normalized spacial score (nSPS) is 14.4. The first-order valence-corrected chi connectivity index (χ1v) is 9.92. The Morgan fingerprint density at radius 1 is 1.23 bits per heavy atom. The van der Waals surface area contributed by atoms with Gasteiger partial charge in [0.25, 0.3) is 5.91 Å². The highest BCUT2D eigenvalue weighted by atomic mass is 35.5. The maximum atomic E-state index is 13.0. The van der Waals surface area contributed by atoms with Crippen molar-refractivity contribution in [2.24, 2.45) is 5.92 Å². The lowest BCUT2D eigenvalue weighted by molar-refractivity contribution is 0.0941. The highest BCUT2D eigenvalue weighted by Crippen LogP contribution is 2.22. The molecule has 1 aliphatic heterocycles. The van der Waals surface area contributed by atoms with Crippen LogP contribution in [0.25, 0.3) is 0 Å². The van der Waals surface area contributed by atoms with E-state index >= 15 is 0 Å². The van der Waals surface area contributed by atoms with Crippen LogP contribution in [-0.2, 0) is 6.42 Å². The number of halogens is 2. The molecule has 2 aromatic carbocycles. The summed E-state index contributed by atoms with van der Waals surface area (Å²) in [6.07, 6.45) is 3.19. The molecule has 1 fully saturated rings. The second-order valence-electron chi connectivity index (χ2n) is 7.40. The summed E-state index contributed by atoms with van der Waals surface area (Å²) in [6.45, 7) is 3.32. The minimum absolute atomic E-state index is 0. The number of nitrogens with zero attached hydrogens (tertiary/aromatic N) is 2. The third-order valence-electron chi connectivity index (χ3n) is 5.43. The van der Waals surface area contributed by atoms with Crippen molar-refractivity contribution in [3.8, 4) is 11.8 Å². The molecule has 1 aliphatic rings. The molecule has 1 amide bonds. The second kappa shape index (κ2) is 11.5. The third kappa shape index (κ3) is 6.45. The Kier molecular flexibility index (Phi) is 9.10. The number of rotatable bonds is 7. The van der Waals surface area contributed by atoms with E-state index in [4.69, 9.17) is 10.00 Å². The number of nitrogens with one attached hydrogen (secondary N) is 1. The summed E-state index contributed by atoms with van der Waals surface area (Å²) in [7, 11) is 1.51. The number of carbonyl (C=O) groups is 1. The molecule has 7 heteroatoms. The maximum Gasteiger partial charge on any atom is 0.255 e. The van der Waals surface area contributed by atoms with E-state index in [1.165, 1.54) is 24.8 Å². The van der Waals surface area contributed by atoms with Gasteiger partial charge in [-0.2, -0.15) is 5.26 Å². The maximum absolute atomic E-state index is 13.0. The number of carbonyl (C=O) groups excluding carboxylic acids is 1. The number of likely N-dealkylation sites (tertiary alicyclic amines) is 1. The van der Waals surface area contributed by atoms with Gasteiger partial charge in [0, 0.05) is 13.1 Å². The van der Waals surface area contributed by atoms with E-state index in [1.54, 1.807) is 18.2 Å². The molecule has 0 unspecified atom stereocenters. The molecule has 5 nitrogen and oxygen atoms in total. The number of nitriles is 1. The molecule has 2 aromatic rings. The smallest absolute Gasteiger partial charge is 0.255 e. The van der Waals surface area contributed by atoms with Crippen molar-refractivity contribution in [3.63, 3.8) is 0 Å². The zero-order chi connectivity index (χ0) is 20.6. The Hall–Kier alpha value is -2.62. The molecule has 0 atom stereocenters. The van der Waals surface area contributed by atoms with Crippen molar-refractivity contribution < 1.29 is 13.9 Å². The summed E-state index contributed by atoms with van der Waals surface area (Å²) >= 11 is 0. The van der Waals surface area contributed by atoms with E-state index in [9.17, 15) is 9.18 Å². The molecule has 0 spiro atoms. The van der Waals surface area contributed by atoms with Gasteiger partial charge in [-0.3, -0.25) is 4.79 Å². The van der Waals surface area contributed by atoms with Gasteiger partial charge in [0.2, 0.25) is 0 Å². The zero-order valence-electron chi connectivity index (χ0n) is 17.1. The van der Waals surface area contributed by atoms with E-state index < -0.39 is 0 Å². The van der Waals surface area contributed by atoms with Crippen LogP contribution < -0.4 is 10.1 Å². The third-order valence-corrected chi connectivity index (χ3v) is 5.43. The predicted octanol–water partition coefficient (Wildman–Crippen LogP) is 3.81. The molecule has 0 aromatic heterocycles. The number of methoxy groups -OCH3 is 1. The summed E-state index contributed by atoms with van der Waals surface area (Å²) in [5.41, 5.74) is 1.99. The van der Waals surface area contributed by atoms with Gasteiger partial charge in [0.15, 0.2) is 0 Å². The molecule has 1 N–H and O–H groups in total. The highest BCUT2D eigenvalue weighted by Gasteiger charge is 2.20. The number of amides is 1. The lowest BCUT2D eigenvalue weighted by Gasteiger charge is -2.32. The summed E-state index contributed by atoms with van der Waals surface area (Å²) in [6, 6.07) is 13.6. The van der Waals surface area contributed by atoms with Gasteiger partial charge in [0.05, 0.1) is 24.3 Å². The van der Waals surface area contributed by atoms with Crippen LogP contribution in [-0.4, -0.2) is 44.1 Å².